The van der Waals surface area contributed by atoms with Crippen LogP contribution in [-0.2, 0) is 11.3 Å². The van der Waals surface area contributed by atoms with Gasteiger partial charge in [0.25, 0.3) is 0 Å². The maximum Gasteiger partial charge on any atom is 0.234 e. The molecule has 6 heteroatoms. The summed E-state index contributed by atoms with van der Waals surface area (Å²) in [6.07, 6.45) is 1.16. The largest absolute Gasteiger partial charge is 0.504 e. The highest BCUT2D eigenvalue weighted by atomic mass is 32.2. The molecule has 0 radical (unpaired) electrons. The van der Waals surface area contributed by atoms with Gasteiger partial charge >= 0.3 is 0 Å². The number of benzene rings is 1. The van der Waals surface area contributed by atoms with E-state index in [0.29, 0.717) is 24.9 Å². The molecule has 1 aromatic carbocycles. The van der Waals surface area contributed by atoms with E-state index in [1.807, 2.05) is 18.8 Å². The summed E-state index contributed by atoms with van der Waals surface area (Å²) >= 11 is 1.94. The van der Waals surface area contributed by atoms with E-state index >= 15 is 0 Å². The van der Waals surface area contributed by atoms with Crippen molar-refractivity contribution in [1.82, 2.24) is 10.2 Å². The van der Waals surface area contributed by atoms with Crippen LogP contribution in [0, 0.1) is 0 Å². The van der Waals surface area contributed by atoms with E-state index in [1.54, 1.807) is 18.2 Å². The predicted octanol–water partition coefficient (Wildman–Crippen LogP) is 1.45. The standard InChI is InChI=1S/C15H22N2O3S/c1-17(12-5-6-21-10-12)9-15(19)16-8-11-3-4-13(18)14(7-11)20-2/h3-4,7,12,18H,5-6,8-10H2,1-2H3,(H,16,19)/t12-/m0/s1. The van der Waals surface area contributed by atoms with Crippen molar-refractivity contribution in [2.75, 3.05) is 32.2 Å². The van der Waals surface area contributed by atoms with E-state index in [1.165, 1.54) is 12.9 Å². The van der Waals surface area contributed by atoms with Crippen molar-refractivity contribution in [3.05, 3.63) is 23.8 Å². The lowest BCUT2D eigenvalue weighted by Gasteiger charge is -2.22. The van der Waals surface area contributed by atoms with Crippen LogP contribution in [0.15, 0.2) is 18.2 Å². The maximum atomic E-state index is 12.0. The second kappa shape index (κ2) is 7.56. The van der Waals surface area contributed by atoms with Crippen LogP contribution in [0.5, 0.6) is 11.5 Å². The molecule has 1 saturated heterocycles. The molecule has 0 aliphatic carbocycles. The monoisotopic (exact) mass is 310 g/mol. The third-order valence-electron chi connectivity index (χ3n) is 3.66. The smallest absolute Gasteiger partial charge is 0.234 e. The molecule has 2 rings (SSSR count). The number of amides is 1. The van der Waals surface area contributed by atoms with Crippen molar-refractivity contribution in [1.29, 1.82) is 0 Å². The van der Waals surface area contributed by atoms with Crippen LogP contribution in [0.25, 0.3) is 0 Å². The Morgan fingerprint density at radius 1 is 1.57 bits per heavy atom. The van der Waals surface area contributed by atoms with E-state index in [9.17, 15) is 9.90 Å². The van der Waals surface area contributed by atoms with Crippen molar-refractivity contribution in [2.45, 2.75) is 19.0 Å². The molecule has 116 valence electrons. The fourth-order valence-corrected chi connectivity index (χ4v) is 3.61. The van der Waals surface area contributed by atoms with Crippen molar-refractivity contribution < 1.29 is 14.6 Å². The van der Waals surface area contributed by atoms with Crippen molar-refractivity contribution in [2.24, 2.45) is 0 Å². The predicted molar refractivity (Wildman–Crippen MR) is 84.9 cm³/mol. The lowest BCUT2D eigenvalue weighted by Crippen LogP contribution is -2.40. The van der Waals surface area contributed by atoms with E-state index in [4.69, 9.17) is 4.74 Å². The Labute approximate surface area is 129 Å². The van der Waals surface area contributed by atoms with E-state index in [-0.39, 0.29) is 11.7 Å². The number of nitrogens with one attached hydrogen (secondary N) is 1. The molecule has 0 aromatic heterocycles. The molecule has 0 unspecified atom stereocenters. The van der Waals surface area contributed by atoms with E-state index in [0.717, 1.165) is 17.7 Å². The number of likely N-dealkylation sites (N-methyl/N-ethyl adjacent to an activating group) is 1. The molecule has 0 spiro atoms. The summed E-state index contributed by atoms with van der Waals surface area (Å²) in [5.74, 6) is 2.83. The molecule has 1 amide bonds. The van der Waals surface area contributed by atoms with Gasteiger partial charge < -0.3 is 15.2 Å². The van der Waals surface area contributed by atoms with Gasteiger partial charge in [-0.15, -0.1) is 0 Å². The minimum Gasteiger partial charge on any atom is -0.504 e. The Balaban J connectivity index is 1.80. The third-order valence-corrected chi connectivity index (χ3v) is 4.80. The Bertz CT molecular complexity index is 490. The first-order chi connectivity index (χ1) is 10.1. The van der Waals surface area contributed by atoms with Crippen molar-refractivity contribution in [3.63, 3.8) is 0 Å². The highest BCUT2D eigenvalue weighted by molar-refractivity contribution is 7.99. The summed E-state index contributed by atoms with van der Waals surface area (Å²) < 4.78 is 5.05. The van der Waals surface area contributed by atoms with Crippen LogP contribution in [0.4, 0.5) is 0 Å². The Morgan fingerprint density at radius 2 is 2.38 bits per heavy atom. The van der Waals surface area contributed by atoms with Gasteiger partial charge in [-0.3, -0.25) is 9.69 Å². The number of thioether (sulfide) groups is 1. The molecular formula is C15H22N2O3S. The fraction of sp³-hybridized carbons (Fsp3) is 0.533. The number of rotatable bonds is 6. The molecule has 0 bridgehead atoms. The van der Waals surface area contributed by atoms with Crippen LogP contribution in [-0.4, -0.2) is 54.2 Å². The first kappa shape index (κ1) is 16.0. The van der Waals surface area contributed by atoms with Gasteiger partial charge in [-0.1, -0.05) is 6.07 Å². The quantitative estimate of drug-likeness (QED) is 0.833. The van der Waals surface area contributed by atoms with E-state index in [2.05, 4.69) is 10.2 Å². The van der Waals surface area contributed by atoms with Gasteiger partial charge in [0.15, 0.2) is 11.5 Å². The van der Waals surface area contributed by atoms with Gasteiger partial charge in [0.2, 0.25) is 5.91 Å². The summed E-state index contributed by atoms with van der Waals surface area (Å²) in [4.78, 5) is 14.1. The SMILES string of the molecule is COc1cc(CNC(=O)CN(C)[C@H]2CCSC2)ccc1O. The molecule has 1 atom stereocenters. The first-order valence-electron chi connectivity index (χ1n) is 7.00. The van der Waals surface area contributed by atoms with Crippen LogP contribution in [0.3, 0.4) is 0 Å². The number of carbonyl (C=O) groups excluding carboxylic acids is 1. The third kappa shape index (κ3) is 4.54. The highest BCUT2D eigenvalue weighted by Gasteiger charge is 2.21. The van der Waals surface area contributed by atoms with Crippen LogP contribution >= 0.6 is 11.8 Å². The second-order valence-electron chi connectivity index (χ2n) is 5.22. The van der Waals surface area contributed by atoms with E-state index < -0.39 is 0 Å². The molecule has 1 aliphatic heterocycles. The maximum absolute atomic E-state index is 12.0. The summed E-state index contributed by atoms with van der Waals surface area (Å²) in [6, 6.07) is 5.58. The zero-order valence-electron chi connectivity index (χ0n) is 12.5. The van der Waals surface area contributed by atoms with Crippen LogP contribution in [0.2, 0.25) is 0 Å². The molecule has 1 aliphatic rings. The van der Waals surface area contributed by atoms with Crippen LogP contribution < -0.4 is 10.1 Å². The number of nitrogens with zero attached hydrogens (tertiary/aromatic N) is 1. The number of aromatic hydroxyl groups is 1. The normalized spacial score (nSPS) is 18.0. The molecular weight excluding hydrogens is 288 g/mol. The lowest BCUT2D eigenvalue weighted by atomic mass is 10.2. The number of ether oxygens (including phenoxy) is 1. The first-order valence-corrected chi connectivity index (χ1v) is 8.16. The number of hydrogen-bond donors (Lipinski definition) is 2. The highest BCUT2D eigenvalue weighted by Crippen LogP contribution is 2.26. The zero-order valence-corrected chi connectivity index (χ0v) is 13.3. The topological polar surface area (TPSA) is 61.8 Å². The molecule has 0 saturated carbocycles. The molecule has 1 heterocycles. The molecule has 1 aromatic rings. The fourth-order valence-electron chi connectivity index (χ4n) is 2.31. The molecule has 5 nitrogen and oxygen atoms in total. The number of phenolic OH excluding ortho intramolecular Hbond substituents is 1. The Kier molecular flexibility index (Phi) is 5.76. The van der Waals surface area contributed by atoms with Crippen LogP contribution in [0.1, 0.15) is 12.0 Å². The molecule has 1 fully saturated rings. The average molecular weight is 310 g/mol. The minimum absolute atomic E-state index is 0.0152. The molecule has 2 N–H and O–H groups in total. The summed E-state index contributed by atoms with van der Waals surface area (Å²) in [7, 11) is 3.51. The summed E-state index contributed by atoms with van der Waals surface area (Å²) in [6.45, 7) is 0.850. The number of phenols is 1. The average Bonchev–Trinajstić information content (AvgIpc) is 3.00. The van der Waals surface area contributed by atoms with Crippen molar-refractivity contribution >= 4 is 17.7 Å². The van der Waals surface area contributed by atoms with Gasteiger partial charge in [0.1, 0.15) is 0 Å². The summed E-state index contributed by atoms with van der Waals surface area (Å²) in [5, 5.41) is 12.4. The minimum atomic E-state index is 0.0152. The number of hydrogen-bond acceptors (Lipinski definition) is 5. The second-order valence-corrected chi connectivity index (χ2v) is 6.37. The summed E-state index contributed by atoms with van der Waals surface area (Å²) in [5.41, 5.74) is 0.900. The van der Waals surface area contributed by atoms with Crippen molar-refractivity contribution in [3.8, 4) is 11.5 Å². The van der Waals surface area contributed by atoms with Gasteiger partial charge in [0, 0.05) is 18.3 Å². The van der Waals surface area contributed by atoms with Gasteiger partial charge in [-0.05, 0) is 36.9 Å². The number of methoxy groups -OCH3 is 1. The van der Waals surface area contributed by atoms with Gasteiger partial charge in [-0.25, -0.2) is 0 Å². The zero-order chi connectivity index (χ0) is 15.2. The Morgan fingerprint density at radius 3 is 3.05 bits per heavy atom. The van der Waals surface area contributed by atoms with Gasteiger partial charge in [-0.2, -0.15) is 11.8 Å². The van der Waals surface area contributed by atoms with Gasteiger partial charge in [0.05, 0.1) is 13.7 Å². The number of carbonyl (C=O) groups is 1. The Hall–Kier alpha value is -1.40. The molecule has 21 heavy (non-hydrogen) atoms. The lowest BCUT2D eigenvalue weighted by molar-refractivity contribution is -0.122.